The topological polar surface area (TPSA) is 94.8 Å². The van der Waals surface area contributed by atoms with Gasteiger partial charge < -0.3 is 15.3 Å². The lowest BCUT2D eigenvalue weighted by Gasteiger charge is -2.22. The third-order valence-corrected chi connectivity index (χ3v) is 3.70. The van der Waals surface area contributed by atoms with Crippen molar-refractivity contribution in [2.75, 3.05) is 0 Å². The third-order valence-electron chi connectivity index (χ3n) is 3.70. The van der Waals surface area contributed by atoms with E-state index in [4.69, 9.17) is 0 Å². The number of phenolic OH excluding ortho intramolecular Hbond substituents is 2. The molecule has 0 aromatic heterocycles. The Balaban J connectivity index is 2.63. The molecular weight excluding hydrogens is 284 g/mol. The molecule has 3 N–H and O–H groups in total. The van der Waals surface area contributed by atoms with Crippen LogP contribution in [-0.4, -0.2) is 26.9 Å². The summed E-state index contributed by atoms with van der Waals surface area (Å²) in [5.74, 6) is -3.38. The molecule has 5 heteroatoms. The molecule has 22 heavy (non-hydrogen) atoms. The van der Waals surface area contributed by atoms with Gasteiger partial charge in [-0.15, -0.1) is 0 Å². The molecule has 5 nitrogen and oxygen atoms in total. The van der Waals surface area contributed by atoms with Gasteiger partial charge in [0.15, 0.2) is 0 Å². The minimum atomic E-state index is -0.916. The van der Waals surface area contributed by atoms with Gasteiger partial charge in [-0.1, -0.05) is 18.6 Å². The highest BCUT2D eigenvalue weighted by molar-refractivity contribution is 6.53. The predicted molar refractivity (Wildman–Crippen MR) is 81.9 cm³/mol. The largest absolute Gasteiger partial charge is 0.507 e. The molecule has 1 atom stereocenters. The summed E-state index contributed by atoms with van der Waals surface area (Å²) < 4.78 is 0. The van der Waals surface area contributed by atoms with E-state index >= 15 is 0 Å². The van der Waals surface area contributed by atoms with Crippen LogP contribution >= 0.6 is 0 Å². The van der Waals surface area contributed by atoms with Gasteiger partial charge in [-0.3, -0.25) is 9.59 Å². The van der Waals surface area contributed by atoms with Crippen LogP contribution in [0.4, 0.5) is 0 Å². The molecule has 1 aliphatic carbocycles. The number of hydrogen-bond acceptors (Lipinski definition) is 5. The number of fused-ring (bicyclic) bond motifs is 1. The van der Waals surface area contributed by atoms with Crippen LogP contribution in [0.15, 0.2) is 29.4 Å². The first-order valence-corrected chi connectivity index (χ1v) is 6.96. The molecule has 0 radical (unpaired) electrons. The van der Waals surface area contributed by atoms with Gasteiger partial charge in [0.2, 0.25) is 11.6 Å². The molecule has 2 rings (SSSR count). The van der Waals surface area contributed by atoms with Crippen molar-refractivity contribution in [3.63, 3.8) is 0 Å². The summed E-state index contributed by atoms with van der Waals surface area (Å²) in [4.78, 5) is 24.5. The average molecular weight is 302 g/mol. The van der Waals surface area contributed by atoms with Gasteiger partial charge in [0.1, 0.15) is 17.3 Å². The minimum absolute atomic E-state index is 0.0316. The van der Waals surface area contributed by atoms with E-state index < -0.39 is 23.1 Å². The molecule has 1 unspecified atom stereocenters. The quantitative estimate of drug-likeness (QED) is 0.453. The van der Waals surface area contributed by atoms with Crippen molar-refractivity contribution in [3.05, 3.63) is 40.5 Å². The summed E-state index contributed by atoms with van der Waals surface area (Å²) in [6, 6.07) is 2.29. The summed E-state index contributed by atoms with van der Waals surface area (Å²) in [6.45, 7) is 5.54. The number of carbonyl (C=O) groups excluding carboxylic acids is 2. The second kappa shape index (κ2) is 5.67. The number of benzene rings is 1. The molecule has 0 fully saturated rings. The van der Waals surface area contributed by atoms with Crippen LogP contribution in [0, 0.1) is 5.92 Å². The average Bonchev–Trinajstić information content (AvgIpc) is 2.45. The lowest BCUT2D eigenvalue weighted by atomic mass is 9.81. The first kappa shape index (κ1) is 15.8. The van der Waals surface area contributed by atoms with E-state index in [1.807, 2.05) is 19.9 Å². The second-order valence-corrected chi connectivity index (χ2v) is 5.69. The van der Waals surface area contributed by atoms with E-state index in [0.29, 0.717) is 6.42 Å². The van der Waals surface area contributed by atoms with Crippen LogP contribution in [-0.2, 0) is 4.79 Å². The Morgan fingerprint density at radius 2 is 1.59 bits per heavy atom. The fourth-order valence-corrected chi connectivity index (χ4v) is 2.52. The maximum Gasteiger partial charge on any atom is 0.237 e. The zero-order chi connectivity index (χ0) is 16.6. The number of aromatic hydroxyl groups is 2. The predicted octanol–water partition coefficient (Wildman–Crippen LogP) is 3.12. The lowest BCUT2D eigenvalue weighted by Crippen LogP contribution is -2.27. The van der Waals surface area contributed by atoms with Crippen molar-refractivity contribution in [3.8, 4) is 11.5 Å². The van der Waals surface area contributed by atoms with Crippen molar-refractivity contribution in [2.45, 2.75) is 27.2 Å². The Kier molecular flexibility index (Phi) is 4.08. The minimum Gasteiger partial charge on any atom is -0.507 e. The monoisotopic (exact) mass is 302 g/mol. The van der Waals surface area contributed by atoms with Crippen LogP contribution in [0.1, 0.15) is 43.1 Å². The van der Waals surface area contributed by atoms with Crippen molar-refractivity contribution in [1.29, 1.82) is 0 Å². The van der Waals surface area contributed by atoms with Gasteiger partial charge >= 0.3 is 0 Å². The highest BCUT2D eigenvalue weighted by Gasteiger charge is 2.38. The SMILES string of the molecule is CC(C)=CCC(C)C1=C(O)c2c(O)ccc(O)c2C(=O)C1=O. The van der Waals surface area contributed by atoms with Gasteiger partial charge in [-0.25, -0.2) is 0 Å². The summed E-state index contributed by atoms with van der Waals surface area (Å²) in [5, 5.41) is 30.0. The number of hydrogen-bond donors (Lipinski definition) is 3. The van der Waals surface area contributed by atoms with Crippen molar-refractivity contribution < 1.29 is 24.9 Å². The van der Waals surface area contributed by atoms with Crippen LogP contribution in [0.5, 0.6) is 11.5 Å². The zero-order valence-electron chi connectivity index (χ0n) is 12.7. The van der Waals surface area contributed by atoms with Crippen LogP contribution in [0.25, 0.3) is 5.76 Å². The Hall–Kier alpha value is -2.56. The first-order valence-electron chi connectivity index (χ1n) is 6.96. The Morgan fingerprint density at radius 3 is 2.14 bits per heavy atom. The number of Topliss-reactive ketones (excluding diaryl/α,β-unsaturated/α-hetero) is 2. The Labute approximate surface area is 128 Å². The van der Waals surface area contributed by atoms with Gasteiger partial charge in [0, 0.05) is 5.57 Å². The number of aliphatic hydroxyl groups is 1. The lowest BCUT2D eigenvalue weighted by molar-refractivity contribution is -0.112. The molecule has 0 bridgehead atoms. The third kappa shape index (κ3) is 2.50. The van der Waals surface area contributed by atoms with E-state index in [1.165, 1.54) is 6.07 Å². The molecule has 1 aromatic carbocycles. The summed E-state index contributed by atoms with van der Waals surface area (Å²) in [7, 11) is 0. The first-order chi connectivity index (χ1) is 10.3. The highest BCUT2D eigenvalue weighted by Crippen LogP contribution is 2.41. The van der Waals surface area contributed by atoms with E-state index in [-0.39, 0.29) is 28.4 Å². The molecule has 0 spiro atoms. The Bertz CT molecular complexity index is 721. The number of ketones is 2. The number of aliphatic hydroxyl groups excluding tert-OH is 1. The molecule has 1 aliphatic rings. The molecular formula is C17H18O5. The zero-order valence-corrected chi connectivity index (χ0v) is 12.7. The molecule has 0 amide bonds. The molecule has 1 aromatic rings. The van der Waals surface area contributed by atoms with Gasteiger partial charge in [0.25, 0.3) is 0 Å². The fraction of sp³-hybridized carbons (Fsp3) is 0.294. The normalized spacial score (nSPS) is 15.6. The van der Waals surface area contributed by atoms with Crippen LogP contribution < -0.4 is 0 Å². The summed E-state index contributed by atoms with van der Waals surface area (Å²) in [5.41, 5.74) is 0.502. The van der Waals surface area contributed by atoms with E-state index in [9.17, 15) is 24.9 Å². The smallest absolute Gasteiger partial charge is 0.237 e. The maximum absolute atomic E-state index is 12.3. The maximum atomic E-state index is 12.3. The van der Waals surface area contributed by atoms with Crippen molar-refractivity contribution >= 4 is 17.3 Å². The second-order valence-electron chi connectivity index (χ2n) is 5.69. The van der Waals surface area contributed by atoms with Crippen molar-refractivity contribution in [2.24, 2.45) is 5.92 Å². The van der Waals surface area contributed by atoms with E-state index in [2.05, 4.69) is 0 Å². The fourth-order valence-electron chi connectivity index (χ4n) is 2.52. The number of allylic oxidation sites excluding steroid dienone is 3. The van der Waals surface area contributed by atoms with Crippen LogP contribution in [0.3, 0.4) is 0 Å². The molecule has 0 aliphatic heterocycles. The standard InChI is InChI=1S/C17H18O5/c1-8(2)4-5-9(3)12-15(20)13-10(18)6-7-11(19)14(13)17(22)16(12)21/h4,6-7,9,18-20H,5H2,1-3H3. The molecule has 0 saturated carbocycles. The number of rotatable bonds is 3. The van der Waals surface area contributed by atoms with E-state index in [0.717, 1.165) is 11.6 Å². The number of phenols is 2. The number of carbonyl (C=O) groups is 2. The molecule has 116 valence electrons. The Morgan fingerprint density at radius 1 is 1.05 bits per heavy atom. The van der Waals surface area contributed by atoms with Gasteiger partial charge in [-0.2, -0.15) is 0 Å². The summed E-state index contributed by atoms with van der Waals surface area (Å²) >= 11 is 0. The molecule has 0 heterocycles. The summed E-state index contributed by atoms with van der Waals surface area (Å²) in [6.07, 6.45) is 2.39. The van der Waals surface area contributed by atoms with Crippen LogP contribution in [0.2, 0.25) is 0 Å². The molecule has 0 saturated heterocycles. The van der Waals surface area contributed by atoms with Gasteiger partial charge in [-0.05, 0) is 38.3 Å². The van der Waals surface area contributed by atoms with Crippen molar-refractivity contribution in [1.82, 2.24) is 0 Å². The van der Waals surface area contributed by atoms with Gasteiger partial charge in [0.05, 0.1) is 11.1 Å². The highest BCUT2D eigenvalue weighted by atomic mass is 16.3. The van der Waals surface area contributed by atoms with E-state index in [1.54, 1.807) is 6.92 Å².